The fourth-order valence-corrected chi connectivity index (χ4v) is 3.09. The Morgan fingerprint density at radius 1 is 1.11 bits per heavy atom. The summed E-state index contributed by atoms with van der Waals surface area (Å²) in [4.78, 5) is 14.7. The Bertz CT molecular complexity index is 428. The maximum absolute atomic E-state index is 12.6. The van der Waals surface area contributed by atoms with E-state index in [1.54, 1.807) is 0 Å². The fourth-order valence-electron chi connectivity index (χ4n) is 3.09. The summed E-state index contributed by atoms with van der Waals surface area (Å²) in [5, 5.41) is 3.20. The number of hydrogen-bond acceptors (Lipinski definition) is 2. The van der Waals surface area contributed by atoms with E-state index in [-0.39, 0.29) is 12.0 Å². The molecular weight excluding hydrogens is 236 g/mol. The van der Waals surface area contributed by atoms with Crippen LogP contribution in [0.15, 0.2) is 30.3 Å². The van der Waals surface area contributed by atoms with Gasteiger partial charge in [-0.25, -0.2) is 0 Å². The van der Waals surface area contributed by atoms with Crippen molar-refractivity contribution in [2.45, 2.75) is 31.7 Å². The van der Waals surface area contributed by atoms with Gasteiger partial charge in [-0.1, -0.05) is 43.2 Å². The van der Waals surface area contributed by atoms with Crippen LogP contribution in [0.25, 0.3) is 0 Å². The van der Waals surface area contributed by atoms with Crippen molar-refractivity contribution in [3.63, 3.8) is 0 Å². The Labute approximate surface area is 115 Å². The monoisotopic (exact) mass is 258 g/mol. The summed E-state index contributed by atoms with van der Waals surface area (Å²) >= 11 is 0. The van der Waals surface area contributed by atoms with E-state index in [4.69, 9.17) is 0 Å². The molecule has 0 bridgehead atoms. The summed E-state index contributed by atoms with van der Waals surface area (Å²) in [6.45, 7) is 2.64. The highest BCUT2D eigenvalue weighted by Crippen LogP contribution is 2.31. The summed E-state index contributed by atoms with van der Waals surface area (Å²) in [7, 11) is 0. The summed E-state index contributed by atoms with van der Waals surface area (Å²) in [6.07, 6.45) is 4.73. The van der Waals surface area contributed by atoms with Crippen LogP contribution in [0.5, 0.6) is 0 Å². The van der Waals surface area contributed by atoms with Crippen molar-refractivity contribution in [1.29, 1.82) is 0 Å². The molecule has 2 aliphatic heterocycles. The van der Waals surface area contributed by atoms with Crippen molar-refractivity contribution in [1.82, 2.24) is 10.2 Å². The normalized spacial score (nSPS) is 24.6. The van der Waals surface area contributed by atoms with Crippen molar-refractivity contribution >= 4 is 5.91 Å². The molecule has 2 heterocycles. The first kappa shape index (κ1) is 12.7. The predicted octanol–water partition coefficient (Wildman–Crippen LogP) is 2.35. The molecule has 19 heavy (non-hydrogen) atoms. The van der Waals surface area contributed by atoms with Crippen LogP contribution in [0.3, 0.4) is 0 Å². The third kappa shape index (κ3) is 2.66. The Balaban J connectivity index is 1.82. The van der Waals surface area contributed by atoms with Gasteiger partial charge >= 0.3 is 0 Å². The molecule has 2 aliphatic rings. The summed E-state index contributed by atoms with van der Waals surface area (Å²) in [5.41, 5.74) is 1.30. The van der Waals surface area contributed by atoms with Gasteiger partial charge in [-0.2, -0.15) is 0 Å². The van der Waals surface area contributed by atoms with Gasteiger partial charge in [-0.05, 0) is 18.4 Å². The predicted molar refractivity (Wildman–Crippen MR) is 75.7 cm³/mol. The zero-order chi connectivity index (χ0) is 13.1. The molecular formula is C16H22N2O. The number of carbonyl (C=O) groups excluding carboxylic acids is 1. The van der Waals surface area contributed by atoms with Crippen LogP contribution < -0.4 is 5.32 Å². The lowest BCUT2D eigenvalue weighted by atomic mass is 9.97. The van der Waals surface area contributed by atoms with Crippen molar-refractivity contribution in [3.05, 3.63) is 35.9 Å². The summed E-state index contributed by atoms with van der Waals surface area (Å²) < 4.78 is 0. The van der Waals surface area contributed by atoms with Gasteiger partial charge in [-0.3, -0.25) is 4.79 Å². The standard InChI is InChI=1S/C16H22N2O/c19-16(14-11-17-12-14)18-10-6-2-5-9-15(18)13-7-3-1-4-8-13/h1,3-4,7-8,14-15,17H,2,5-6,9-12H2. The Kier molecular flexibility index (Phi) is 3.83. The highest BCUT2D eigenvalue weighted by atomic mass is 16.2. The first-order chi connectivity index (χ1) is 9.36. The van der Waals surface area contributed by atoms with E-state index < -0.39 is 0 Å². The third-order valence-corrected chi connectivity index (χ3v) is 4.35. The van der Waals surface area contributed by atoms with Gasteiger partial charge in [0.2, 0.25) is 5.91 Å². The molecule has 1 aromatic carbocycles. The minimum atomic E-state index is 0.212. The molecule has 102 valence electrons. The molecule has 0 saturated carbocycles. The number of hydrogen-bond donors (Lipinski definition) is 1. The van der Waals surface area contributed by atoms with Gasteiger partial charge < -0.3 is 10.2 Å². The molecule has 2 saturated heterocycles. The smallest absolute Gasteiger partial charge is 0.228 e. The molecule has 1 unspecified atom stereocenters. The zero-order valence-corrected chi connectivity index (χ0v) is 11.3. The molecule has 0 radical (unpaired) electrons. The Morgan fingerprint density at radius 2 is 1.89 bits per heavy atom. The summed E-state index contributed by atoms with van der Waals surface area (Å²) in [5.74, 6) is 0.568. The molecule has 3 rings (SSSR count). The van der Waals surface area contributed by atoms with Crippen molar-refractivity contribution in [3.8, 4) is 0 Å². The molecule has 0 aliphatic carbocycles. The van der Waals surface area contributed by atoms with E-state index in [1.807, 2.05) is 6.07 Å². The number of rotatable bonds is 2. The average molecular weight is 258 g/mol. The molecule has 3 nitrogen and oxygen atoms in total. The largest absolute Gasteiger partial charge is 0.335 e. The number of likely N-dealkylation sites (tertiary alicyclic amines) is 1. The number of nitrogens with zero attached hydrogens (tertiary/aromatic N) is 1. The van der Waals surface area contributed by atoms with Gasteiger partial charge in [0.05, 0.1) is 12.0 Å². The highest BCUT2D eigenvalue weighted by molar-refractivity contribution is 5.80. The molecule has 3 heteroatoms. The van der Waals surface area contributed by atoms with Gasteiger partial charge in [0, 0.05) is 19.6 Å². The maximum Gasteiger partial charge on any atom is 0.228 e. The quantitative estimate of drug-likeness (QED) is 0.883. The molecule has 1 N–H and O–H groups in total. The number of amides is 1. The average Bonchev–Trinajstić information content (AvgIpc) is 2.63. The van der Waals surface area contributed by atoms with Crippen LogP contribution in [0.1, 0.15) is 37.3 Å². The van der Waals surface area contributed by atoms with E-state index in [2.05, 4.69) is 34.5 Å². The van der Waals surface area contributed by atoms with E-state index in [0.29, 0.717) is 5.91 Å². The number of nitrogens with one attached hydrogen (secondary N) is 1. The first-order valence-corrected chi connectivity index (χ1v) is 7.42. The zero-order valence-electron chi connectivity index (χ0n) is 11.3. The maximum atomic E-state index is 12.6. The second-order valence-electron chi connectivity index (χ2n) is 5.66. The minimum absolute atomic E-state index is 0.212. The highest BCUT2D eigenvalue weighted by Gasteiger charge is 2.33. The van der Waals surface area contributed by atoms with Crippen LogP contribution in [0.4, 0.5) is 0 Å². The van der Waals surface area contributed by atoms with Crippen LogP contribution in [-0.4, -0.2) is 30.4 Å². The van der Waals surface area contributed by atoms with E-state index >= 15 is 0 Å². The number of carbonyl (C=O) groups is 1. The van der Waals surface area contributed by atoms with Gasteiger partial charge in [-0.15, -0.1) is 0 Å². The van der Waals surface area contributed by atoms with E-state index in [0.717, 1.165) is 32.5 Å². The van der Waals surface area contributed by atoms with Gasteiger partial charge in [0.25, 0.3) is 0 Å². The first-order valence-electron chi connectivity index (χ1n) is 7.42. The van der Waals surface area contributed by atoms with Gasteiger partial charge in [0.15, 0.2) is 0 Å². The van der Waals surface area contributed by atoms with Crippen molar-refractivity contribution in [2.75, 3.05) is 19.6 Å². The fraction of sp³-hybridized carbons (Fsp3) is 0.562. The molecule has 1 aromatic rings. The second-order valence-corrected chi connectivity index (χ2v) is 5.66. The lowest BCUT2D eigenvalue weighted by Crippen LogP contribution is -2.52. The van der Waals surface area contributed by atoms with E-state index in [1.165, 1.54) is 18.4 Å². The molecule has 0 spiro atoms. The Morgan fingerprint density at radius 3 is 2.58 bits per heavy atom. The van der Waals surface area contributed by atoms with Crippen molar-refractivity contribution in [2.24, 2.45) is 5.92 Å². The molecule has 1 amide bonds. The van der Waals surface area contributed by atoms with E-state index in [9.17, 15) is 4.79 Å². The molecule has 2 fully saturated rings. The van der Waals surface area contributed by atoms with Crippen LogP contribution in [0, 0.1) is 5.92 Å². The topological polar surface area (TPSA) is 32.3 Å². The second kappa shape index (κ2) is 5.74. The van der Waals surface area contributed by atoms with Crippen LogP contribution in [-0.2, 0) is 4.79 Å². The van der Waals surface area contributed by atoms with Crippen LogP contribution >= 0.6 is 0 Å². The Hall–Kier alpha value is -1.35. The van der Waals surface area contributed by atoms with Gasteiger partial charge in [0.1, 0.15) is 0 Å². The third-order valence-electron chi connectivity index (χ3n) is 4.35. The lowest BCUT2D eigenvalue weighted by molar-refractivity contribution is -0.139. The summed E-state index contributed by atoms with van der Waals surface area (Å²) in [6, 6.07) is 10.8. The lowest BCUT2D eigenvalue weighted by Gasteiger charge is -2.36. The molecule has 1 atom stereocenters. The molecule has 0 aromatic heterocycles. The minimum Gasteiger partial charge on any atom is -0.335 e. The SMILES string of the molecule is O=C(C1CNC1)N1CCCCCC1c1ccccc1. The van der Waals surface area contributed by atoms with Crippen LogP contribution in [0.2, 0.25) is 0 Å². The number of benzene rings is 1. The van der Waals surface area contributed by atoms with Crippen molar-refractivity contribution < 1.29 is 4.79 Å².